The molecule has 1 saturated carbocycles. The molecular formula is C25H29N3O4S2. The van der Waals surface area contributed by atoms with Gasteiger partial charge in [-0.15, -0.1) is 0 Å². The molecule has 0 radical (unpaired) electrons. The summed E-state index contributed by atoms with van der Waals surface area (Å²) < 4.78 is 34.0. The van der Waals surface area contributed by atoms with E-state index in [0.717, 1.165) is 47.0 Å². The van der Waals surface area contributed by atoms with E-state index < -0.39 is 10.0 Å². The van der Waals surface area contributed by atoms with Crippen LogP contribution in [0.4, 0.5) is 5.13 Å². The number of carbonyl (C=O) groups is 1. The SMILES string of the molecule is Cc1cc(C)c2sc(N(CC3CCCO3)C(=O)c3ccc(S(=O)(=O)N(C)C4CC4)cc3)nc2c1. The van der Waals surface area contributed by atoms with Gasteiger partial charge in [-0.1, -0.05) is 17.4 Å². The normalized spacial score (nSPS) is 18.6. The number of carbonyl (C=O) groups excluding carboxylic acids is 1. The van der Waals surface area contributed by atoms with Gasteiger partial charge < -0.3 is 4.74 Å². The topological polar surface area (TPSA) is 79.8 Å². The smallest absolute Gasteiger partial charge is 0.260 e. The van der Waals surface area contributed by atoms with Crippen molar-refractivity contribution in [2.24, 2.45) is 0 Å². The molecule has 1 aromatic heterocycles. The van der Waals surface area contributed by atoms with E-state index in [1.54, 1.807) is 24.1 Å². The van der Waals surface area contributed by atoms with Crippen LogP contribution in [0.25, 0.3) is 10.2 Å². The van der Waals surface area contributed by atoms with Crippen LogP contribution in [0.1, 0.15) is 47.2 Å². The average Bonchev–Trinajstić information content (AvgIpc) is 3.36. The summed E-state index contributed by atoms with van der Waals surface area (Å²) in [5, 5.41) is 0.634. The first-order valence-electron chi connectivity index (χ1n) is 11.6. The summed E-state index contributed by atoms with van der Waals surface area (Å²) >= 11 is 1.50. The van der Waals surface area contributed by atoms with Crippen LogP contribution >= 0.6 is 11.3 Å². The third-order valence-electron chi connectivity index (χ3n) is 6.53. The Bertz CT molecular complexity index is 1320. The number of fused-ring (bicyclic) bond motifs is 1. The van der Waals surface area contributed by atoms with Gasteiger partial charge in [0.25, 0.3) is 5.91 Å². The van der Waals surface area contributed by atoms with Gasteiger partial charge in [-0.2, -0.15) is 4.31 Å². The zero-order valence-corrected chi connectivity index (χ0v) is 21.3. The lowest BCUT2D eigenvalue weighted by Gasteiger charge is -2.23. The summed E-state index contributed by atoms with van der Waals surface area (Å²) in [5.41, 5.74) is 3.58. The summed E-state index contributed by atoms with van der Waals surface area (Å²) in [6.45, 7) is 5.21. The Balaban J connectivity index is 1.46. The van der Waals surface area contributed by atoms with Crippen molar-refractivity contribution in [1.82, 2.24) is 9.29 Å². The van der Waals surface area contributed by atoms with Crippen molar-refractivity contribution >= 4 is 42.6 Å². The molecule has 2 fully saturated rings. The maximum Gasteiger partial charge on any atom is 0.260 e. The molecule has 2 aromatic carbocycles. The second kappa shape index (κ2) is 9.03. The quantitative estimate of drug-likeness (QED) is 0.477. The van der Waals surface area contributed by atoms with Gasteiger partial charge in [0.15, 0.2) is 5.13 Å². The van der Waals surface area contributed by atoms with Crippen molar-refractivity contribution in [3.05, 3.63) is 53.1 Å². The second-order valence-corrected chi connectivity index (χ2v) is 12.2. The molecule has 5 rings (SSSR count). The number of benzene rings is 2. The van der Waals surface area contributed by atoms with Crippen LogP contribution in [-0.2, 0) is 14.8 Å². The largest absolute Gasteiger partial charge is 0.376 e. The molecule has 3 aromatic rings. The number of amides is 1. The number of hydrogen-bond acceptors (Lipinski definition) is 6. The molecule has 34 heavy (non-hydrogen) atoms. The number of rotatable bonds is 7. The molecule has 0 N–H and O–H groups in total. The Morgan fingerprint density at radius 2 is 1.88 bits per heavy atom. The number of thiazole rings is 1. The van der Waals surface area contributed by atoms with Crippen molar-refractivity contribution in [1.29, 1.82) is 0 Å². The van der Waals surface area contributed by atoms with Crippen molar-refractivity contribution < 1.29 is 17.9 Å². The number of aryl methyl sites for hydroxylation is 2. The minimum absolute atomic E-state index is 0.0364. The highest BCUT2D eigenvalue weighted by molar-refractivity contribution is 7.89. The summed E-state index contributed by atoms with van der Waals surface area (Å²) in [6.07, 6.45) is 3.63. The van der Waals surface area contributed by atoms with Crippen molar-refractivity contribution in [3.8, 4) is 0 Å². The van der Waals surface area contributed by atoms with Crippen molar-refractivity contribution in [3.63, 3.8) is 0 Å². The Hall–Kier alpha value is -2.33. The van der Waals surface area contributed by atoms with Gasteiger partial charge in [0.2, 0.25) is 10.0 Å². The van der Waals surface area contributed by atoms with Crippen molar-refractivity contribution in [2.75, 3.05) is 25.1 Å². The third-order valence-corrected chi connectivity index (χ3v) is 9.69. The molecular weight excluding hydrogens is 470 g/mol. The lowest BCUT2D eigenvalue weighted by molar-refractivity contribution is 0.0917. The van der Waals surface area contributed by atoms with E-state index in [-0.39, 0.29) is 22.9 Å². The number of anilines is 1. The monoisotopic (exact) mass is 499 g/mol. The molecule has 7 nitrogen and oxygen atoms in total. The molecule has 0 spiro atoms. The second-order valence-electron chi connectivity index (χ2n) is 9.25. The van der Waals surface area contributed by atoms with Gasteiger partial charge in [-0.3, -0.25) is 9.69 Å². The molecule has 2 aliphatic rings. The van der Waals surface area contributed by atoms with E-state index in [4.69, 9.17) is 9.72 Å². The van der Waals surface area contributed by atoms with Gasteiger partial charge in [0, 0.05) is 25.3 Å². The number of sulfonamides is 1. The van der Waals surface area contributed by atoms with E-state index in [1.165, 1.54) is 27.8 Å². The molecule has 1 saturated heterocycles. The van der Waals surface area contributed by atoms with Crippen LogP contribution in [0.3, 0.4) is 0 Å². The number of aromatic nitrogens is 1. The molecule has 2 heterocycles. The Morgan fingerprint density at radius 1 is 1.15 bits per heavy atom. The molecule has 1 aliphatic carbocycles. The third kappa shape index (κ3) is 4.49. The average molecular weight is 500 g/mol. The highest BCUT2D eigenvalue weighted by atomic mass is 32.2. The van der Waals surface area contributed by atoms with Crippen LogP contribution in [0.5, 0.6) is 0 Å². The first kappa shape index (κ1) is 23.4. The molecule has 1 unspecified atom stereocenters. The highest BCUT2D eigenvalue weighted by Gasteiger charge is 2.35. The predicted molar refractivity (Wildman–Crippen MR) is 134 cm³/mol. The van der Waals surface area contributed by atoms with E-state index in [0.29, 0.717) is 23.8 Å². The van der Waals surface area contributed by atoms with E-state index in [9.17, 15) is 13.2 Å². The first-order valence-corrected chi connectivity index (χ1v) is 13.9. The summed E-state index contributed by atoms with van der Waals surface area (Å²) in [6, 6.07) is 10.5. The first-order chi connectivity index (χ1) is 16.2. The van der Waals surface area contributed by atoms with Crippen LogP contribution in [-0.4, -0.2) is 56.0 Å². The number of hydrogen-bond donors (Lipinski definition) is 0. The summed E-state index contributed by atoms with van der Waals surface area (Å²) in [7, 11) is -1.94. The molecule has 1 amide bonds. The van der Waals surface area contributed by atoms with Crippen LogP contribution in [0.2, 0.25) is 0 Å². The standard InChI is InChI=1S/C25H29N3O4S2/c1-16-13-17(2)23-22(14-16)26-25(33-23)28(15-20-5-4-12-32-20)24(29)18-6-10-21(11-7-18)34(30,31)27(3)19-8-9-19/h6-7,10-11,13-14,19-20H,4-5,8-9,12,15H2,1-3H3. The fourth-order valence-electron chi connectivity index (χ4n) is 4.45. The highest BCUT2D eigenvalue weighted by Crippen LogP contribution is 2.34. The minimum Gasteiger partial charge on any atom is -0.376 e. The van der Waals surface area contributed by atoms with Gasteiger partial charge in [-0.25, -0.2) is 13.4 Å². The van der Waals surface area contributed by atoms with Gasteiger partial charge >= 0.3 is 0 Å². The van der Waals surface area contributed by atoms with Crippen molar-refractivity contribution in [2.45, 2.75) is 56.6 Å². The molecule has 0 bridgehead atoms. The van der Waals surface area contributed by atoms with Gasteiger partial charge in [0.05, 0.1) is 27.8 Å². The lowest BCUT2D eigenvalue weighted by atomic mass is 10.1. The molecule has 9 heteroatoms. The molecule has 1 atom stereocenters. The fraction of sp³-hybridized carbons (Fsp3) is 0.440. The maximum atomic E-state index is 13.7. The molecule has 1 aliphatic heterocycles. The summed E-state index contributed by atoms with van der Waals surface area (Å²) in [5.74, 6) is -0.205. The zero-order valence-electron chi connectivity index (χ0n) is 19.7. The van der Waals surface area contributed by atoms with Crippen LogP contribution in [0, 0.1) is 13.8 Å². The zero-order chi connectivity index (χ0) is 24.0. The van der Waals surface area contributed by atoms with Crippen LogP contribution < -0.4 is 4.90 Å². The van der Waals surface area contributed by atoms with Crippen LogP contribution in [0.15, 0.2) is 41.3 Å². The Morgan fingerprint density at radius 3 is 2.53 bits per heavy atom. The number of nitrogens with zero attached hydrogens (tertiary/aromatic N) is 3. The minimum atomic E-state index is -3.56. The molecule has 180 valence electrons. The maximum absolute atomic E-state index is 13.7. The van der Waals surface area contributed by atoms with Gasteiger partial charge in [-0.05, 0) is 81.0 Å². The lowest BCUT2D eigenvalue weighted by Crippen LogP contribution is -2.37. The van der Waals surface area contributed by atoms with E-state index in [2.05, 4.69) is 13.0 Å². The van der Waals surface area contributed by atoms with E-state index >= 15 is 0 Å². The number of ether oxygens (including phenoxy) is 1. The summed E-state index contributed by atoms with van der Waals surface area (Å²) in [4.78, 5) is 20.3. The van der Waals surface area contributed by atoms with E-state index in [1.807, 2.05) is 13.0 Å². The van der Waals surface area contributed by atoms with Gasteiger partial charge in [0.1, 0.15) is 0 Å². The predicted octanol–water partition coefficient (Wildman–Crippen LogP) is 4.52. The Kier molecular flexibility index (Phi) is 6.22. The Labute approximate surface area is 204 Å². The fourth-order valence-corrected chi connectivity index (χ4v) is 6.89.